The zero-order valence-corrected chi connectivity index (χ0v) is 12.0. The lowest BCUT2D eigenvalue weighted by atomic mass is 10.1. The number of aryl methyl sites for hydroxylation is 2. The second-order valence-electron chi connectivity index (χ2n) is 4.54. The Bertz CT molecular complexity index is 281. The third kappa shape index (κ3) is 7.36. The maximum atomic E-state index is 12.5. The van der Waals surface area contributed by atoms with Crippen molar-refractivity contribution in [2.75, 3.05) is 0 Å². The average Bonchev–Trinajstić information content (AvgIpc) is 2.33. The van der Waals surface area contributed by atoms with Crippen molar-refractivity contribution in [2.45, 2.75) is 66.2 Å². The number of rotatable bonds is 5. The Morgan fingerprint density at radius 1 is 0.833 bits per heavy atom. The van der Waals surface area contributed by atoms with Crippen LogP contribution in [0.1, 0.15) is 63.8 Å². The topological polar surface area (TPSA) is 12.9 Å². The van der Waals surface area contributed by atoms with Crippen molar-refractivity contribution in [3.8, 4) is 0 Å². The van der Waals surface area contributed by atoms with Crippen LogP contribution in [0.5, 0.6) is 0 Å². The van der Waals surface area contributed by atoms with Crippen molar-refractivity contribution in [1.82, 2.24) is 4.98 Å². The standard InChI is InChI=1S/C8H18.C7H7F2N/c1-3-5-7-8-6-4-2;1-4-6(8)3-7(9)5(2)10-4/h3-8H2,1-2H3;3H,1-2H3. The van der Waals surface area contributed by atoms with Gasteiger partial charge in [-0.15, -0.1) is 0 Å². The molecule has 0 N–H and O–H groups in total. The molecule has 1 rings (SSSR count). The summed E-state index contributed by atoms with van der Waals surface area (Å²) in [6.07, 6.45) is 8.49. The molecular formula is C15H25F2N. The summed E-state index contributed by atoms with van der Waals surface area (Å²) in [5, 5.41) is 0. The molecule has 1 heterocycles. The highest BCUT2D eigenvalue weighted by molar-refractivity contribution is 5.12. The van der Waals surface area contributed by atoms with Crippen molar-refractivity contribution in [3.05, 3.63) is 29.1 Å². The molecule has 0 spiro atoms. The van der Waals surface area contributed by atoms with Gasteiger partial charge in [-0.25, -0.2) is 8.78 Å². The van der Waals surface area contributed by atoms with E-state index in [9.17, 15) is 8.78 Å². The monoisotopic (exact) mass is 257 g/mol. The minimum absolute atomic E-state index is 0.235. The highest BCUT2D eigenvalue weighted by atomic mass is 19.1. The summed E-state index contributed by atoms with van der Waals surface area (Å²) >= 11 is 0. The molecule has 0 aliphatic heterocycles. The maximum Gasteiger partial charge on any atom is 0.147 e. The van der Waals surface area contributed by atoms with Crippen molar-refractivity contribution in [2.24, 2.45) is 0 Å². The van der Waals surface area contributed by atoms with Gasteiger partial charge in [0.25, 0.3) is 0 Å². The number of nitrogens with zero attached hydrogens (tertiary/aromatic N) is 1. The third-order valence-electron chi connectivity index (χ3n) is 2.74. The zero-order chi connectivity index (χ0) is 14.0. The van der Waals surface area contributed by atoms with E-state index in [2.05, 4.69) is 18.8 Å². The van der Waals surface area contributed by atoms with Crippen LogP contribution in [-0.2, 0) is 0 Å². The second kappa shape index (κ2) is 9.98. The molecule has 1 nitrogen and oxygen atoms in total. The van der Waals surface area contributed by atoms with E-state index in [0.717, 1.165) is 6.07 Å². The van der Waals surface area contributed by atoms with Gasteiger partial charge in [0.15, 0.2) is 0 Å². The van der Waals surface area contributed by atoms with Gasteiger partial charge in [-0.2, -0.15) is 0 Å². The fourth-order valence-electron chi connectivity index (χ4n) is 1.53. The first-order valence-electron chi connectivity index (χ1n) is 6.82. The highest BCUT2D eigenvalue weighted by Crippen LogP contribution is 2.08. The molecule has 0 atom stereocenters. The van der Waals surface area contributed by atoms with E-state index in [1.54, 1.807) is 0 Å². The van der Waals surface area contributed by atoms with Crippen LogP contribution in [0.15, 0.2) is 6.07 Å². The van der Waals surface area contributed by atoms with Gasteiger partial charge < -0.3 is 0 Å². The van der Waals surface area contributed by atoms with Gasteiger partial charge in [0.2, 0.25) is 0 Å². The van der Waals surface area contributed by atoms with Gasteiger partial charge in [0, 0.05) is 6.07 Å². The summed E-state index contributed by atoms with van der Waals surface area (Å²) in [7, 11) is 0. The minimum atomic E-state index is -0.594. The largest absolute Gasteiger partial charge is 0.252 e. The lowest BCUT2D eigenvalue weighted by Gasteiger charge is -1.97. The highest BCUT2D eigenvalue weighted by Gasteiger charge is 2.03. The number of hydrogen-bond donors (Lipinski definition) is 0. The summed E-state index contributed by atoms with van der Waals surface area (Å²) in [4.78, 5) is 3.62. The number of aromatic nitrogens is 1. The fourth-order valence-corrected chi connectivity index (χ4v) is 1.53. The van der Waals surface area contributed by atoms with E-state index in [0.29, 0.717) is 0 Å². The van der Waals surface area contributed by atoms with E-state index in [4.69, 9.17) is 0 Å². The van der Waals surface area contributed by atoms with E-state index in [-0.39, 0.29) is 11.4 Å². The number of unbranched alkanes of at least 4 members (excludes halogenated alkanes) is 5. The van der Waals surface area contributed by atoms with Gasteiger partial charge in [-0.1, -0.05) is 52.4 Å². The summed E-state index contributed by atoms with van der Waals surface area (Å²) in [6, 6.07) is 0.845. The molecule has 0 saturated heterocycles. The summed E-state index contributed by atoms with van der Waals surface area (Å²) in [6.45, 7) is 7.52. The molecule has 1 aromatic heterocycles. The summed E-state index contributed by atoms with van der Waals surface area (Å²) in [5.74, 6) is -1.19. The number of pyridine rings is 1. The smallest absolute Gasteiger partial charge is 0.147 e. The Hall–Kier alpha value is -0.990. The van der Waals surface area contributed by atoms with Gasteiger partial charge in [-0.3, -0.25) is 4.98 Å². The molecule has 0 aliphatic rings. The van der Waals surface area contributed by atoms with Gasteiger partial charge in [0.1, 0.15) is 11.6 Å². The zero-order valence-electron chi connectivity index (χ0n) is 12.0. The molecule has 0 bridgehead atoms. The molecule has 0 unspecified atom stereocenters. The average molecular weight is 257 g/mol. The Morgan fingerprint density at radius 3 is 1.50 bits per heavy atom. The third-order valence-corrected chi connectivity index (χ3v) is 2.74. The predicted molar refractivity (Wildman–Crippen MR) is 72.7 cm³/mol. The van der Waals surface area contributed by atoms with Crippen LogP contribution >= 0.6 is 0 Å². The summed E-state index contributed by atoms with van der Waals surface area (Å²) in [5.41, 5.74) is 0.470. The van der Waals surface area contributed by atoms with E-state index < -0.39 is 11.6 Å². The van der Waals surface area contributed by atoms with Crippen LogP contribution < -0.4 is 0 Å². The fraction of sp³-hybridized carbons (Fsp3) is 0.667. The first-order valence-corrected chi connectivity index (χ1v) is 6.82. The van der Waals surface area contributed by atoms with Crippen LogP contribution in [-0.4, -0.2) is 4.98 Å². The van der Waals surface area contributed by atoms with Crippen LogP contribution in [0, 0.1) is 25.5 Å². The molecular weight excluding hydrogens is 232 g/mol. The molecule has 0 saturated carbocycles. The van der Waals surface area contributed by atoms with Crippen LogP contribution in [0.2, 0.25) is 0 Å². The second-order valence-corrected chi connectivity index (χ2v) is 4.54. The molecule has 104 valence electrons. The first-order chi connectivity index (χ1) is 8.52. The molecule has 0 amide bonds. The van der Waals surface area contributed by atoms with Crippen molar-refractivity contribution in [3.63, 3.8) is 0 Å². The number of halogens is 2. The molecule has 0 aromatic carbocycles. The van der Waals surface area contributed by atoms with Crippen LogP contribution in [0.3, 0.4) is 0 Å². The van der Waals surface area contributed by atoms with E-state index >= 15 is 0 Å². The predicted octanol–water partition coefficient (Wildman–Crippen LogP) is 5.34. The Kier molecular flexibility index (Phi) is 9.43. The molecule has 0 radical (unpaired) electrons. The molecule has 18 heavy (non-hydrogen) atoms. The van der Waals surface area contributed by atoms with E-state index in [1.807, 2.05) is 0 Å². The molecule has 0 fully saturated rings. The van der Waals surface area contributed by atoms with Gasteiger partial charge >= 0.3 is 0 Å². The van der Waals surface area contributed by atoms with Gasteiger partial charge in [-0.05, 0) is 13.8 Å². The van der Waals surface area contributed by atoms with Gasteiger partial charge in [0.05, 0.1) is 11.4 Å². The Labute approximate surface area is 110 Å². The van der Waals surface area contributed by atoms with E-state index in [1.165, 1.54) is 52.4 Å². The Morgan fingerprint density at radius 2 is 1.22 bits per heavy atom. The summed E-state index contributed by atoms with van der Waals surface area (Å²) < 4.78 is 24.9. The SMILES string of the molecule is CCCCCCCC.Cc1nc(C)c(F)cc1F. The quantitative estimate of drug-likeness (QED) is 0.648. The molecule has 3 heteroatoms. The lowest BCUT2D eigenvalue weighted by molar-refractivity contribution is 0.557. The van der Waals surface area contributed by atoms with Crippen molar-refractivity contribution >= 4 is 0 Å². The minimum Gasteiger partial charge on any atom is -0.252 e. The van der Waals surface area contributed by atoms with Crippen molar-refractivity contribution < 1.29 is 8.78 Å². The number of hydrogen-bond acceptors (Lipinski definition) is 1. The lowest BCUT2D eigenvalue weighted by Crippen LogP contribution is -1.94. The Balaban J connectivity index is 0.000000331. The molecule has 1 aromatic rings. The molecule has 0 aliphatic carbocycles. The van der Waals surface area contributed by atoms with Crippen molar-refractivity contribution in [1.29, 1.82) is 0 Å². The first kappa shape index (κ1) is 17.0. The normalized spacial score (nSPS) is 9.89. The van der Waals surface area contributed by atoms with Crippen LogP contribution in [0.25, 0.3) is 0 Å². The maximum absolute atomic E-state index is 12.5. The van der Waals surface area contributed by atoms with Crippen LogP contribution in [0.4, 0.5) is 8.78 Å².